The summed E-state index contributed by atoms with van der Waals surface area (Å²) in [5.41, 5.74) is 0.435. The molecule has 2 rings (SSSR count). The summed E-state index contributed by atoms with van der Waals surface area (Å²) in [4.78, 5) is 4.35. The first kappa shape index (κ1) is 13.0. The standard InChI is InChI=1S/C14H20BrNO/c1-10-5-6-14(17,7-11(10)2)8-13-4-3-12(15)9-16-13/h3-4,9-11,17H,5-8H2,1-2H3. The molecule has 1 fully saturated rings. The van der Waals surface area contributed by atoms with Crippen molar-refractivity contribution in [3.05, 3.63) is 28.5 Å². The SMILES string of the molecule is CC1CCC(O)(Cc2ccc(Br)cn2)CC1C. The Morgan fingerprint density at radius 1 is 1.41 bits per heavy atom. The molecular formula is C14H20BrNO. The minimum Gasteiger partial charge on any atom is -0.389 e. The highest BCUT2D eigenvalue weighted by Crippen LogP contribution is 2.37. The highest BCUT2D eigenvalue weighted by Gasteiger charge is 2.36. The van der Waals surface area contributed by atoms with Crippen molar-refractivity contribution in [3.8, 4) is 0 Å². The fourth-order valence-corrected chi connectivity index (χ4v) is 2.93. The van der Waals surface area contributed by atoms with Gasteiger partial charge in [0.15, 0.2) is 0 Å². The molecule has 1 aromatic heterocycles. The minimum atomic E-state index is -0.549. The summed E-state index contributed by atoms with van der Waals surface area (Å²) in [6.45, 7) is 4.52. The van der Waals surface area contributed by atoms with Crippen molar-refractivity contribution in [2.24, 2.45) is 11.8 Å². The van der Waals surface area contributed by atoms with Gasteiger partial charge in [0.05, 0.1) is 5.60 Å². The summed E-state index contributed by atoms with van der Waals surface area (Å²) >= 11 is 3.38. The molecule has 1 saturated carbocycles. The van der Waals surface area contributed by atoms with E-state index in [0.717, 1.165) is 35.3 Å². The van der Waals surface area contributed by atoms with Gasteiger partial charge in [-0.25, -0.2) is 0 Å². The molecule has 0 aromatic carbocycles. The van der Waals surface area contributed by atoms with Crippen LogP contribution in [0.2, 0.25) is 0 Å². The van der Waals surface area contributed by atoms with Gasteiger partial charge in [0, 0.05) is 22.8 Å². The van der Waals surface area contributed by atoms with Crippen LogP contribution in [0.3, 0.4) is 0 Å². The second-order valence-electron chi connectivity index (χ2n) is 5.57. The van der Waals surface area contributed by atoms with Gasteiger partial charge in [-0.3, -0.25) is 4.98 Å². The van der Waals surface area contributed by atoms with Crippen molar-refractivity contribution in [2.45, 2.75) is 45.1 Å². The zero-order chi connectivity index (χ0) is 12.5. The van der Waals surface area contributed by atoms with Gasteiger partial charge >= 0.3 is 0 Å². The molecule has 0 saturated heterocycles. The van der Waals surface area contributed by atoms with E-state index in [0.29, 0.717) is 12.3 Å². The summed E-state index contributed by atoms with van der Waals surface area (Å²) in [6, 6.07) is 3.98. The largest absolute Gasteiger partial charge is 0.389 e. The fraction of sp³-hybridized carbons (Fsp3) is 0.643. The summed E-state index contributed by atoms with van der Waals surface area (Å²) in [5.74, 6) is 1.33. The Labute approximate surface area is 112 Å². The Morgan fingerprint density at radius 3 is 2.76 bits per heavy atom. The number of aliphatic hydroxyl groups is 1. The molecule has 94 valence electrons. The third-order valence-electron chi connectivity index (χ3n) is 4.04. The van der Waals surface area contributed by atoms with Crippen LogP contribution in [-0.4, -0.2) is 15.7 Å². The van der Waals surface area contributed by atoms with E-state index in [4.69, 9.17) is 0 Å². The molecule has 1 aliphatic carbocycles. The molecule has 17 heavy (non-hydrogen) atoms. The molecule has 3 heteroatoms. The van der Waals surface area contributed by atoms with Crippen molar-refractivity contribution in [1.82, 2.24) is 4.98 Å². The third kappa shape index (κ3) is 3.29. The molecule has 3 atom stereocenters. The quantitative estimate of drug-likeness (QED) is 0.905. The van der Waals surface area contributed by atoms with E-state index in [1.165, 1.54) is 0 Å². The smallest absolute Gasteiger partial charge is 0.0705 e. The van der Waals surface area contributed by atoms with Gasteiger partial charge in [-0.15, -0.1) is 0 Å². The molecule has 2 nitrogen and oxygen atoms in total. The predicted octanol–water partition coefficient (Wildman–Crippen LogP) is 3.57. The van der Waals surface area contributed by atoms with Crippen molar-refractivity contribution in [3.63, 3.8) is 0 Å². The molecule has 1 heterocycles. The van der Waals surface area contributed by atoms with Crippen LogP contribution in [-0.2, 0) is 6.42 Å². The van der Waals surface area contributed by atoms with Crippen molar-refractivity contribution < 1.29 is 5.11 Å². The highest BCUT2D eigenvalue weighted by molar-refractivity contribution is 9.10. The van der Waals surface area contributed by atoms with Crippen LogP contribution in [0.5, 0.6) is 0 Å². The van der Waals surface area contributed by atoms with E-state index >= 15 is 0 Å². The van der Waals surface area contributed by atoms with Gasteiger partial charge < -0.3 is 5.11 Å². The van der Waals surface area contributed by atoms with E-state index in [2.05, 4.69) is 34.8 Å². The summed E-state index contributed by atoms with van der Waals surface area (Å²) in [6.07, 6.45) is 5.39. The molecule has 1 N–H and O–H groups in total. The van der Waals surface area contributed by atoms with Crippen LogP contribution in [0, 0.1) is 11.8 Å². The number of hydrogen-bond donors (Lipinski definition) is 1. The lowest BCUT2D eigenvalue weighted by Gasteiger charge is -2.39. The van der Waals surface area contributed by atoms with E-state index in [1.807, 2.05) is 12.1 Å². The topological polar surface area (TPSA) is 33.1 Å². The van der Waals surface area contributed by atoms with Gasteiger partial charge in [-0.05, 0) is 59.2 Å². The Hall–Kier alpha value is -0.410. The maximum absolute atomic E-state index is 10.6. The Morgan fingerprint density at radius 2 is 2.18 bits per heavy atom. The number of nitrogens with zero attached hydrogens (tertiary/aromatic N) is 1. The zero-order valence-electron chi connectivity index (χ0n) is 10.5. The average Bonchev–Trinajstić information content (AvgIpc) is 2.28. The van der Waals surface area contributed by atoms with Crippen LogP contribution in [0.25, 0.3) is 0 Å². The molecule has 3 unspecified atom stereocenters. The van der Waals surface area contributed by atoms with E-state index < -0.39 is 5.60 Å². The zero-order valence-corrected chi connectivity index (χ0v) is 12.1. The van der Waals surface area contributed by atoms with Crippen molar-refractivity contribution in [1.29, 1.82) is 0 Å². The molecule has 0 amide bonds. The van der Waals surface area contributed by atoms with Crippen LogP contribution in [0.4, 0.5) is 0 Å². The monoisotopic (exact) mass is 297 g/mol. The molecule has 1 aromatic rings. The Bertz CT molecular complexity index is 378. The lowest BCUT2D eigenvalue weighted by Crippen LogP contribution is -2.39. The molecule has 1 aliphatic rings. The fourth-order valence-electron chi connectivity index (χ4n) is 2.69. The highest BCUT2D eigenvalue weighted by atomic mass is 79.9. The lowest BCUT2D eigenvalue weighted by molar-refractivity contribution is -0.0286. The first-order valence-electron chi connectivity index (χ1n) is 6.31. The van der Waals surface area contributed by atoms with Crippen LogP contribution in [0.1, 0.15) is 38.8 Å². The number of rotatable bonds is 2. The van der Waals surface area contributed by atoms with Gasteiger partial charge in [0.2, 0.25) is 0 Å². The molecule has 0 radical (unpaired) electrons. The maximum Gasteiger partial charge on any atom is 0.0705 e. The molecule has 0 spiro atoms. The first-order valence-corrected chi connectivity index (χ1v) is 7.11. The molecule has 0 aliphatic heterocycles. The second-order valence-corrected chi connectivity index (χ2v) is 6.48. The van der Waals surface area contributed by atoms with Crippen molar-refractivity contribution in [2.75, 3.05) is 0 Å². The van der Waals surface area contributed by atoms with Gasteiger partial charge in [-0.1, -0.05) is 13.8 Å². The first-order chi connectivity index (χ1) is 7.98. The number of pyridine rings is 1. The average molecular weight is 298 g/mol. The van der Waals surface area contributed by atoms with E-state index in [9.17, 15) is 5.11 Å². The van der Waals surface area contributed by atoms with E-state index in [1.54, 1.807) is 6.20 Å². The predicted molar refractivity (Wildman–Crippen MR) is 72.8 cm³/mol. The Kier molecular flexibility index (Phi) is 3.88. The summed E-state index contributed by atoms with van der Waals surface area (Å²) < 4.78 is 0.985. The van der Waals surface area contributed by atoms with Gasteiger partial charge in [0.1, 0.15) is 0 Å². The third-order valence-corrected chi connectivity index (χ3v) is 4.51. The normalized spacial score (nSPS) is 33.6. The summed E-state index contributed by atoms with van der Waals surface area (Å²) in [7, 11) is 0. The summed E-state index contributed by atoms with van der Waals surface area (Å²) in [5, 5.41) is 10.6. The van der Waals surface area contributed by atoms with Gasteiger partial charge in [-0.2, -0.15) is 0 Å². The van der Waals surface area contributed by atoms with Gasteiger partial charge in [0.25, 0.3) is 0 Å². The van der Waals surface area contributed by atoms with Crippen molar-refractivity contribution >= 4 is 15.9 Å². The Balaban J connectivity index is 2.05. The minimum absolute atomic E-state index is 0.549. The maximum atomic E-state index is 10.6. The van der Waals surface area contributed by atoms with Crippen LogP contribution in [0.15, 0.2) is 22.8 Å². The number of halogens is 1. The molecule has 0 bridgehead atoms. The van der Waals surface area contributed by atoms with Crippen LogP contribution >= 0.6 is 15.9 Å². The van der Waals surface area contributed by atoms with Crippen LogP contribution < -0.4 is 0 Å². The number of aromatic nitrogens is 1. The second kappa shape index (κ2) is 5.07. The lowest BCUT2D eigenvalue weighted by atomic mass is 9.71. The molecular weight excluding hydrogens is 278 g/mol. The van der Waals surface area contributed by atoms with E-state index in [-0.39, 0.29) is 0 Å². The number of hydrogen-bond acceptors (Lipinski definition) is 2.